The van der Waals surface area contributed by atoms with E-state index in [0.29, 0.717) is 5.92 Å². The van der Waals surface area contributed by atoms with Crippen LogP contribution < -0.4 is 0 Å². The Morgan fingerprint density at radius 3 is 2.20 bits per heavy atom. The van der Waals surface area contributed by atoms with E-state index >= 15 is 0 Å². The maximum absolute atomic E-state index is 11.0. The van der Waals surface area contributed by atoms with Gasteiger partial charge in [0, 0.05) is 0 Å². The summed E-state index contributed by atoms with van der Waals surface area (Å²) in [6, 6.07) is 0. The number of hydrogen-bond acceptors (Lipinski definition) is 1. The SMILES string of the molecule is CCCCCCC(C)C(CCC)C(=O)O. The molecule has 0 aromatic heterocycles. The van der Waals surface area contributed by atoms with Crippen LogP contribution in [0.1, 0.15) is 65.7 Å². The van der Waals surface area contributed by atoms with E-state index in [9.17, 15) is 4.79 Å². The predicted molar refractivity (Wildman–Crippen MR) is 64.0 cm³/mol. The van der Waals surface area contributed by atoms with E-state index in [4.69, 9.17) is 5.11 Å². The Balaban J connectivity index is 3.81. The highest BCUT2D eigenvalue weighted by Gasteiger charge is 2.22. The third-order valence-electron chi connectivity index (χ3n) is 3.12. The number of carboxylic acid groups (broad SMARTS) is 1. The van der Waals surface area contributed by atoms with E-state index in [1.54, 1.807) is 0 Å². The lowest BCUT2D eigenvalue weighted by molar-refractivity contribution is -0.143. The Bertz CT molecular complexity index is 166. The standard InChI is InChI=1S/C13H26O2/c1-4-6-7-8-10-11(3)12(9-5-2)13(14)15/h11-12H,4-10H2,1-3H3,(H,14,15). The number of carboxylic acids is 1. The molecule has 0 spiro atoms. The molecule has 15 heavy (non-hydrogen) atoms. The summed E-state index contributed by atoms with van der Waals surface area (Å²) in [6.45, 7) is 6.33. The topological polar surface area (TPSA) is 37.3 Å². The zero-order valence-electron chi connectivity index (χ0n) is 10.5. The Kier molecular flexibility index (Phi) is 8.44. The minimum atomic E-state index is -0.611. The number of aliphatic carboxylic acids is 1. The lowest BCUT2D eigenvalue weighted by Crippen LogP contribution is -2.21. The first-order valence-corrected chi connectivity index (χ1v) is 6.36. The molecule has 0 saturated heterocycles. The first-order valence-electron chi connectivity index (χ1n) is 6.36. The normalized spacial score (nSPS) is 14.9. The van der Waals surface area contributed by atoms with Crippen molar-refractivity contribution in [3.05, 3.63) is 0 Å². The quantitative estimate of drug-likeness (QED) is 0.587. The fourth-order valence-electron chi connectivity index (χ4n) is 2.06. The minimum absolute atomic E-state index is 0.128. The molecule has 1 N–H and O–H groups in total. The van der Waals surface area contributed by atoms with Gasteiger partial charge in [0.1, 0.15) is 0 Å². The molecule has 0 aromatic carbocycles. The molecule has 0 saturated carbocycles. The van der Waals surface area contributed by atoms with Crippen molar-refractivity contribution in [3.8, 4) is 0 Å². The second-order valence-electron chi connectivity index (χ2n) is 4.56. The molecule has 2 heteroatoms. The monoisotopic (exact) mass is 214 g/mol. The van der Waals surface area contributed by atoms with Crippen LogP contribution in [0, 0.1) is 11.8 Å². The van der Waals surface area contributed by atoms with Crippen LogP contribution in [-0.4, -0.2) is 11.1 Å². The highest BCUT2D eigenvalue weighted by Crippen LogP contribution is 2.23. The molecule has 0 rings (SSSR count). The molecule has 0 fully saturated rings. The van der Waals surface area contributed by atoms with Crippen LogP contribution in [0.3, 0.4) is 0 Å². The van der Waals surface area contributed by atoms with Gasteiger partial charge < -0.3 is 5.11 Å². The molecule has 90 valence electrons. The molecule has 0 aliphatic heterocycles. The van der Waals surface area contributed by atoms with Gasteiger partial charge in [0.05, 0.1) is 5.92 Å². The maximum Gasteiger partial charge on any atom is 0.306 e. The summed E-state index contributed by atoms with van der Waals surface area (Å²) in [7, 11) is 0. The molecule has 0 amide bonds. The average molecular weight is 214 g/mol. The van der Waals surface area contributed by atoms with E-state index < -0.39 is 5.97 Å². The molecule has 0 radical (unpaired) electrons. The molecule has 0 heterocycles. The van der Waals surface area contributed by atoms with E-state index in [2.05, 4.69) is 20.8 Å². The molecule has 0 aromatic rings. The first-order chi connectivity index (χ1) is 7.13. The fourth-order valence-corrected chi connectivity index (χ4v) is 2.06. The Hall–Kier alpha value is -0.530. The van der Waals surface area contributed by atoms with Crippen LogP contribution in [0.25, 0.3) is 0 Å². The minimum Gasteiger partial charge on any atom is -0.481 e. The maximum atomic E-state index is 11.0. The van der Waals surface area contributed by atoms with E-state index in [1.807, 2.05) is 0 Å². The van der Waals surface area contributed by atoms with Crippen molar-refractivity contribution in [2.24, 2.45) is 11.8 Å². The summed E-state index contributed by atoms with van der Waals surface area (Å²) >= 11 is 0. The van der Waals surface area contributed by atoms with Crippen molar-refractivity contribution >= 4 is 5.97 Å². The molecule has 2 atom stereocenters. The van der Waals surface area contributed by atoms with Crippen molar-refractivity contribution < 1.29 is 9.90 Å². The van der Waals surface area contributed by atoms with Crippen molar-refractivity contribution in [3.63, 3.8) is 0 Å². The summed E-state index contributed by atoms with van der Waals surface area (Å²) in [6.07, 6.45) is 7.81. The van der Waals surface area contributed by atoms with Crippen LogP contribution >= 0.6 is 0 Å². The Morgan fingerprint density at radius 1 is 1.07 bits per heavy atom. The van der Waals surface area contributed by atoms with Gasteiger partial charge in [-0.15, -0.1) is 0 Å². The van der Waals surface area contributed by atoms with Gasteiger partial charge in [-0.3, -0.25) is 4.79 Å². The van der Waals surface area contributed by atoms with Crippen LogP contribution in [0.2, 0.25) is 0 Å². The summed E-state index contributed by atoms with van der Waals surface area (Å²) in [4.78, 5) is 11.0. The van der Waals surface area contributed by atoms with Crippen molar-refractivity contribution in [1.82, 2.24) is 0 Å². The van der Waals surface area contributed by atoms with E-state index in [-0.39, 0.29) is 5.92 Å². The van der Waals surface area contributed by atoms with Crippen molar-refractivity contribution in [2.75, 3.05) is 0 Å². The van der Waals surface area contributed by atoms with Gasteiger partial charge in [0.25, 0.3) is 0 Å². The second kappa shape index (κ2) is 8.75. The van der Waals surface area contributed by atoms with Gasteiger partial charge in [0.2, 0.25) is 0 Å². The third-order valence-corrected chi connectivity index (χ3v) is 3.12. The smallest absolute Gasteiger partial charge is 0.306 e. The van der Waals surface area contributed by atoms with Gasteiger partial charge in [-0.1, -0.05) is 52.9 Å². The first kappa shape index (κ1) is 14.5. The highest BCUT2D eigenvalue weighted by molar-refractivity contribution is 5.70. The number of hydrogen-bond donors (Lipinski definition) is 1. The van der Waals surface area contributed by atoms with Gasteiger partial charge in [-0.2, -0.15) is 0 Å². The second-order valence-corrected chi connectivity index (χ2v) is 4.56. The molecule has 0 bridgehead atoms. The highest BCUT2D eigenvalue weighted by atomic mass is 16.4. The molecule has 0 aliphatic carbocycles. The zero-order chi connectivity index (χ0) is 11.7. The van der Waals surface area contributed by atoms with Crippen LogP contribution in [0.4, 0.5) is 0 Å². The predicted octanol–water partition coefficient (Wildman–Crippen LogP) is 4.09. The van der Waals surface area contributed by atoms with Crippen LogP contribution in [0.15, 0.2) is 0 Å². The van der Waals surface area contributed by atoms with E-state index in [0.717, 1.165) is 19.3 Å². The average Bonchev–Trinajstić information content (AvgIpc) is 2.20. The van der Waals surface area contributed by atoms with Gasteiger partial charge in [-0.25, -0.2) is 0 Å². The summed E-state index contributed by atoms with van der Waals surface area (Å²) < 4.78 is 0. The molecular formula is C13H26O2. The van der Waals surface area contributed by atoms with Crippen molar-refractivity contribution in [1.29, 1.82) is 0 Å². The van der Waals surface area contributed by atoms with Gasteiger partial charge >= 0.3 is 5.97 Å². The van der Waals surface area contributed by atoms with E-state index in [1.165, 1.54) is 25.7 Å². The molecule has 0 aliphatic rings. The lowest BCUT2D eigenvalue weighted by Gasteiger charge is -2.19. The summed E-state index contributed by atoms with van der Waals surface area (Å²) in [5.74, 6) is -0.407. The number of rotatable bonds is 9. The molecule has 2 unspecified atom stereocenters. The number of carbonyl (C=O) groups is 1. The van der Waals surface area contributed by atoms with Gasteiger partial charge in [-0.05, 0) is 18.8 Å². The summed E-state index contributed by atoms with van der Waals surface area (Å²) in [5.41, 5.74) is 0. The molecule has 2 nitrogen and oxygen atoms in total. The fraction of sp³-hybridized carbons (Fsp3) is 0.923. The Labute approximate surface area is 94.1 Å². The van der Waals surface area contributed by atoms with Crippen LogP contribution in [0.5, 0.6) is 0 Å². The largest absolute Gasteiger partial charge is 0.481 e. The third kappa shape index (κ3) is 6.53. The molecular weight excluding hydrogens is 188 g/mol. The van der Waals surface area contributed by atoms with Crippen LogP contribution in [-0.2, 0) is 4.79 Å². The van der Waals surface area contributed by atoms with Gasteiger partial charge in [0.15, 0.2) is 0 Å². The number of unbranched alkanes of at least 4 members (excludes halogenated alkanes) is 3. The Morgan fingerprint density at radius 2 is 1.73 bits per heavy atom. The zero-order valence-corrected chi connectivity index (χ0v) is 10.5. The summed E-state index contributed by atoms with van der Waals surface area (Å²) in [5, 5.41) is 9.08. The van der Waals surface area contributed by atoms with Crippen molar-refractivity contribution in [2.45, 2.75) is 65.7 Å². The lowest BCUT2D eigenvalue weighted by atomic mass is 9.86.